The van der Waals surface area contributed by atoms with Crippen molar-refractivity contribution in [3.8, 4) is 0 Å². The normalized spacial score (nSPS) is 10.9. The molecule has 0 atom stereocenters. The van der Waals surface area contributed by atoms with E-state index in [4.69, 9.17) is 0 Å². The van der Waals surface area contributed by atoms with Crippen molar-refractivity contribution in [3.05, 3.63) is 108 Å². The first-order valence-corrected chi connectivity index (χ1v) is 11.3. The lowest BCUT2D eigenvalue weighted by Gasteiger charge is -2.35. The van der Waals surface area contributed by atoms with E-state index in [1.807, 2.05) is 91.0 Å². The summed E-state index contributed by atoms with van der Waals surface area (Å²) in [6, 6.07) is 29.8. The first kappa shape index (κ1) is 24.7. The molecular weight excluding hydrogens is 428 g/mol. The molecule has 2 N–H and O–H groups in total. The fourth-order valence-electron chi connectivity index (χ4n) is 4.08. The summed E-state index contributed by atoms with van der Waals surface area (Å²) in [5, 5.41) is 5.48. The van der Waals surface area contributed by atoms with Crippen LogP contribution in [-0.4, -0.2) is 38.0 Å². The SMILES string of the molecule is COC(=O)CCCNC(=O)CNC(=O)CC(c1ccccc1)(c1ccccc1)c1ccccc1. The van der Waals surface area contributed by atoms with Gasteiger partial charge in [-0.1, -0.05) is 91.0 Å². The summed E-state index contributed by atoms with van der Waals surface area (Å²) in [7, 11) is 1.33. The largest absolute Gasteiger partial charge is 0.469 e. The molecule has 0 radical (unpaired) electrons. The van der Waals surface area contributed by atoms with Crippen LogP contribution in [0.5, 0.6) is 0 Å². The third-order valence-corrected chi connectivity index (χ3v) is 5.78. The van der Waals surface area contributed by atoms with Crippen molar-refractivity contribution in [2.75, 3.05) is 20.2 Å². The van der Waals surface area contributed by atoms with Gasteiger partial charge in [-0.3, -0.25) is 14.4 Å². The Hall–Kier alpha value is -3.93. The van der Waals surface area contributed by atoms with Gasteiger partial charge < -0.3 is 15.4 Å². The fourth-order valence-corrected chi connectivity index (χ4v) is 4.08. The third kappa shape index (κ3) is 6.32. The molecule has 0 fully saturated rings. The van der Waals surface area contributed by atoms with E-state index in [0.29, 0.717) is 13.0 Å². The lowest BCUT2D eigenvalue weighted by molar-refractivity contribution is -0.140. The molecule has 3 aromatic rings. The molecule has 6 nitrogen and oxygen atoms in total. The number of esters is 1. The van der Waals surface area contributed by atoms with Crippen LogP contribution < -0.4 is 10.6 Å². The summed E-state index contributed by atoms with van der Waals surface area (Å²) in [6.45, 7) is 0.206. The molecule has 2 amide bonds. The molecule has 34 heavy (non-hydrogen) atoms. The molecule has 0 saturated carbocycles. The summed E-state index contributed by atoms with van der Waals surface area (Å²) in [4.78, 5) is 36.5. The second-order valence-electron chi connectivity index (χ2n) is 7.99. The van der Waals surface area contributed by atoms with E-state index in [0.717, 1.165) is 16.7 Å². The van der Waals surface area contributed by atoms with Gasteiger partial charge in [0.15, 0.2) is 0 Å². The number of amides is 2. The molecule has 0 aliphatic carbocycles. The highest BCUT2D eigenvalue weighted by Gasteiger charge is 2.38. The Labute approximate surface area is 200 Å². The molecule has 6 heteroatoms. The van der Waals surface area contributed by atoms with E-state index < -0.39 is 5.41 Å². The Morgan fingerprint density at radius 2 is 1.18 bits per heavy atom. The van der Waals surface area contributed by atoms with Crippen molar-refractivity contribution in [1.82, 2.24) is 10.6 Å². The summed E-state index contributed by atoms with van der Waals surface area (Å²) in [5.74, 6) is -0.856. The van der Waals surface area contributed by atoms with Gasteiger partial charge in [0.2, 0.25) is 11.8 Å². The summed E-state index contributed by atoms with van der Waals surface area (Å²) in [5.41, 5.74) is 2.27. The average Bonchev–Trinajstić information content (AvgIpc) is 2.90. The van der Waals surface area contributed by atoms with Gasteiger partial charge in [0.1, 0.15) is 0 Å². The number of benzene rings is 3. The maximum atomic E-state index is 13.2. The fraction of sp³-hybridized carbons (Fsp3) is 0.250. The van der Waals surface area contributed by atoms with Crippen LogP contribution in [-0.2, 0) is 24.5 Å². The zero-order valence-corrected chi connectivity index (χ0v) is 19.3. The first-order chi connectivity index (χ1) is 16.6. The number of ether oxygens (including phenoxy) is 1. The van der Waals surface area contributed by atoms with Gasteiger partial charge in [-0.05, 0) is 23.1 Å². The second kappa shape index (κ2) is 12.3. The van der Waals surface area contributed by atoms with Crippen LogP contribution in [0.15, 0.2) is 91.0 Å². The van der Waals surface area contributed by atoms with Gasteiger partial charge in [0.25, 0.3) is 0 Å². The highest BCUT2D eigenvalue weighted by molar-refractivity contribution is 5.86. The monoisotopic (exact) mass is 458 g/mol. The van der Waals surface area contributed by atoms with Gasteiger partial charge in [-0.25, -0.2) is 0 Å². The highest BCUT2D eigenvalue weighted by atomic mass is 16.5. The minimum atomic E-state index is -0.717. The molecule has 0 bridgehead atoms. The summed E-state index contributed by atoms with van der Waals surface area (Å²) in [6.07, 6.45) is 0.850. The molecule has 0 saturated heterocycles. The lowest BCUT2D eigenvalue weighted by Crippen LogP contribution is -2.41. The van der Waals surface area contributed by atoms with Crippen molar-refractivity contribution in [2.24, 2.45) is 0 Å². The van der Waals surface area contributed by atoms with E-state index in [-0.39, 0.29) is 37.2 Å². The van der Waals surface area contributed by atoms with Gasteiger partial charge in [-0.15, -0.1) is 0 Å². The number of carbonyl (C=O) groups is 3. The predicted molar refractivity (Wildman–Crippen MR) is 131 cm³/mol. The standard InChI is InChI=1S/C28H30N2O4/c1-34-27(33)18-11-19-29-26(32)21-30-25(31)20-28(22-12-5-2-6-13-22,23-14-7-3-8-15-23)24-16-9-4-10-17-24/h2-10,12-17H,11,18-21H2,1H3,(H,29,32)(H,30,31). The van der Waals surface area contributed by atoms with Crippen molar-refractivity contribution in [1.29, 1.82) is 0 Å². The molecule has 0 aromatic heterocycles. The third-order valence-electron chi connectivity index (χ3n) is 5.78. The van der Waals surface area contributed by atoms with E-state index in [2.05, 4.69) is 15.4 Å². The number of carbonyl (C=O) groups excluding carboxylic acids is 3. The quantitative estimate of drug-likeness (QED) is 0.261. The van der Waals surface area contributed by atoms with Crippen LogP contribution in [0, 0.1) is 0 Å². The minimum absolute atomic E-state index is 0.133. The molecule has 0 aliphatic heterocycles. The number of nitrogens with one attached hydrogen (secondary N) is 2. The molecule has 176 valence electrons. The van der Waals surface area contributed by atoms with Crippen molar-refractivity contribution >= 4 is 17.8 Å². The Kier molecular flexibility index (Phi) is 8.97. The summed E-state index contributed by atoms with van der Waals surface area (Å²) >= 11 is 0. The van der Waals surface area contributed by atoms with Crippen LogP contribution in [0.4, 0.5) is 0 Å². The molecular formula is C28H30N2O4. The zero-order valence-electron chi connectivity index (χ0n) is 19.3. The predicted octanol–water partition coefficient (Wildman–Crippen LogP) is 3.60. The number of methoxy groups -OCH3 is 1. The van der Waals surface area contributed by atoms with Crippen molar-refractivity contribution in [3.63, 3.8) is 0 Å². The molecule has 3 aromatic carbocycles. The molecule has 3 rings (SSSR count). The molecule has 0 aliphatic rings. The number of hydrogen-bond donors (Lipinski definition) is 2. The van der Waals surface area contributed by atoms with E-state index >= 15 is 0 Å². The van der Waals surface area contributed by atoms with Gasteiger partial charge in [0.05, 0.1) is 19.1 Å². The van der Waals surface area contributed by atoms with Crippen LogP contribution in [0.3, 0.4) is 0 Å². The van der Waals surface area contributed by atoms with E-state index in [1.54, 1.807) is 0 Å². The maximum absolute atomic E-state index is 13.2. The smallest absolute Gasteiger partial charge is 0.305 e. The maximum Gasteiger partial charge on any atom is 0.305 e. The summed E-state index contributed by atoms with van der Waals surface area (Å²) < 4.78 is 4.58. The van der Waals surface area contributed by atoms with Crippen molar-refractivity contribution < 1.29 is 19.1 Å². The van der Waals surface area contributed by atoms with Crippen molar-refractivity contribution in [2.45, 2.75) is 24.7 Å². The van der Waals surface area contributed by atoms with Crippen LogP contribution in [0.1, 0.15) is 36.0 Å². The lowest BCUT2D eigenvalue weighted by atomic mass is 9.67. The molecule has 0 unspecified atom stereocenters. The first-order valence-electron chi connectivity index (χ1n) is 11.3. The highest BCUT2D eigenvalue weighted by Crippen LogP contribution is 2.42. The molecule has 0 spiro atoms. The van der Waals surface area contributed by atoms with Gasteiger partial charge in [-0.2, -0.15) is 0 Å². The Bertz CT molecular complexity index is 973. The van der Waals surface area contributed by atoms with Gasteiger partial charge in [0, 0.05) is 19.4 Å². The second-order valence-corrected chi connectivity index (χ2v) is 7.99. The minimum Gasteiger partial charge on any atom is -0.469 e. The van der Waals surface area contributed by atoms with E-state index in [1.165, 1.54) is 7.11 Å². The van der Waals surface area contributed by atoms with Crippen LogP contribution >= 0.6 is 0 Å². The van der Waals surface area contributed by atoms with Crippen LogP contribution in [0.2, 0.25) is 0 Å². The topological polar surface area (TPSA) is 84.5 Å². The van der Waals surface area contributed by atoms with E-state index in [9.17, 15) is 14.4 Å². The Balaban J connectivity index is 1.78. The number of rotatable bonds is 11. The van der Waals surface area contributed by atoms with Crippen LogP contribution in [0.25, 0.3) is 0 Å². The Morgan fingerprint density at radius 1 is 0.706 bits per heavy atom. The average molecular weight is 459 g/mol. The molecule has 0 heterocycles. The Morgan fingerprint density at radius 3 is 1.62 bits per heavy atom. The number of hydrogen-bond acceptors (Lipinski definition) is 4. The van der Waals surface area contributed by atoms with Gasteiger partial charge >= 0.3 is 5.97 Å². The zero-order chi connectivity index (χ0) is 24.2.